The Morgan fingerprint density at radius 1 is 0.943 bits per heavy atom. The van der Waals surface area contributed by atoms with Crippen molar-refractivity contribution in [2.45, 2.75) is 43.5 Å². The van der Waals surface area contributed by atoms with Gasteiger partial charge in [0.1, 0.15) is 12.4 Å². The van der Waals surface area contributed by atoms with Crippen LogP contribution in [0.4, 0.5) is 5.69 Å². The second-order valence-electron chi connectivity index (χ2n) is 8.80. The van der Waals surface area contributed by atoms with E-state index in [4.69, 9.17) is 4.98 Å². The molecular formula is C27H28N4O3S. The fourth-order valence-corrected chi connectivity index (χ4v) is 5.72. The molecule has 0 radical (unpaired) electrons. The summed E-state index contributed by atoms with van der Waals surface area (Å²) in [5, 5.41) is 3.03. The average Bonchev–Trinajstić information content (AvgIpc) is 3.47. The zero-order chi connectivity index (χ0) is 24.3. The summed E-state index contributed by atoms with van der Waals surface area (Å²) in [6.07, 6.45) is 4.43. The van der Waals surface area contributed by atoms with Crippen molar-refractivity contribution in [3.8, 4) is 0 Å². The quantitative estimate of drug-likeness (QED) is 0.347. The zero-order valence-electron chi connectivity index (χ0n) is 19.4. The van der Waals surface area contributed by atoms with Crippen molar-refractivity contribution in [3.05, 3.63) is 89.7 Å². The van der Waals surface area contributed by atoms with Crippen molar-refractivity contribution < 1.29 is 13.2 Å². The molecule has 1 aliphatic carbocycles. The van der Waals surface area contributed by atoms with Crippen LogP contribution in [0.25, 0.3) is 11.0 Å². The number of nitrogens with zero attached hydrogens (tertiary/aromatic N) is 2. The Kier molecular flexibility index (Phi) is 6.66. The molecule has 0 atom stereocenters. The van der Waals surface area contributed by atoms with Crippen LogP contribution in [0.15, 0.2) is 77.7 Å². The standard InChI is InChI=1S/C27H28N4O3S/c32-27(29-22-16-15-20-8-6-9-21(20)18-22)19-31-25-13-5-4-12-24(25)30-26(31)14-7-17-28-35(33,34)23-10-2-1-3-11-23/h1-5,10-13,15-16,18,28H,6-9,14,17,19H2,(H,29,32). The number of carbonyl (C=O) groups excluding carboxylic acids is 1. The highest BCUT2D eigenvalue weighted by Gasteiger charge is 2.17. The minimum absolute atomic E-state index is 0.114. The molecule has 1 amide bonds. The Bertz CT molecular complexity index is 1460. The number of imidazole rings is 1. The van der Waals surface area contributed by atoms with Crippen LogP contribution in [0.3, 0.4) is 0 Å². The highest BCUT2D eigenvalue weighted by molar-refractivity contribution is 7.89. The van der Waals surface area contributed by atoms with E-state index in [2.05, 4.69) is 22.2 Å². The minimum Gasteiger partial charge on any atom is -0.325 e. The lowest BCUT2D eigenvalue weighted by Gasteiger charge is -2.11. The maximum absolute atomic E-state index is 12.9. The number of aromatic nitrogens is 2. The molecule has 0 spiro atoms. The van der Waals surface area contributed by atoms with Gasteiger partial charge in [-0.3, -0.25) is 4.79 Å². The predicted molar refractivity (Wildman–Crippen MR) is 137 cm³/mol. The number of sulfonamides is 1. The lowest BCUT2D eigenvalue weighted by molar-refractivity contribution is -0.116. The smallest absolute Gasteiger partial charge is 0.244 e. The third-order valence-electron chi connectivity index (χ3n) is 6.34. The van der Waals surface area contributed by atoms with E-state index in [9.17, 15) is 13.2 Å². The third-order valence-corrected chi connectivity index (χ3v) is 7.82. The van der Waals surface area contributed by atoms with Crippen LogP contribution in [0.5, 0.6) is 0 Å². The van der Waals surface area contributed by atoms with Gasteiger partial charge in [-0.15, -0.1) is 0 Å². The number of carbonyl (C=O) groups is 1. The number of para-hydroxylation sites is 2. The van der Waals surface area contributed by atoms with Crippen LogP contribution in [-0.4, -0.2) is 30.4 Å². The van der Waals surface area contributed by atoms with Crippen molar-refractivity contribution in [1.82, 2.24) is 14.3 Å². The monoisotopic (exact) mass is 488 g/mol. The second kappa shape index (κ2) is 10.0. The topological polar surface area (TPSA) is 93.1 Å². The average molecular weight is 489 g/mol. The molecule has 0 aliphatic heterocycles. The van der Waals surface area contributed by atoms with Crippen molar-refractivity contribution in [3.63, 3.8) is 0 Å². The minimum atomic E-state index is -3.55. The molecule has 1 aliphatic rings. The molecule has 2 N–H and O–H groups in total. The van der Waals surface area contributed by atoms with Crippen LogP contribution in [0, 0.1) is 0 Å². The van der Waals surface area contributed by atoms with Crippen molar-refractivity contribution in [2.24, 2.45) is 0 Å². The number of hydrogen-bond donors (Lipinski definition) is 2. The zero-order valence-corrected chi connectivity index (χ0v) is 20.2. The first kappa shape index (κ1) is 23.3. The Balaban J connectivity index is 1.26. The summed E-state index contributed by atoms with van der Waals surface area (Å²) in [4.78, 5) is 17.9. The number of amides is 1. The molecule has 0 saturated carbocycles. The van der Waals surface area contributed by atoms with Gasteiger partial charge in [0.2, 0.25) is 15.9 Å². The molecule has 5 rings (SSSR count). The molecule has 35 heavy (non-hydrogen) atoms. The van der Waals surface area contributed by atoms with Gasteiger partial charge in [0, 0.05) is 18.7 Å². The Morgan fingerprint density at radius 2 is 1.71 bits per heavy atom. The number of benzene rings is 3. The summed E-state index contributed by atoms with van der Waals surface area (Å²) in [7, 11) is -3.55. The lowest BCUT2D eigenvalue weighted by atomic mass is 10.1. The van der Waals surface area contributed by atoms with Gasteiger partial charge < -0.3 is 9.88 Å². The van der Waals surface area contributed by atoms with E-state index in [-0.39, 0.29) is 23.9 Å². The van der Waals surface area contributed by atoms with Gasteiger partial charge in [-0.1, -0.05) is 36.4 Å². The number of nitrogens with one attached hydrogen (secondary N) is 2. The molecule has 3 aromatic carbocycles. The van der Waals surface area contributed by atoms with Gasteiger partial charge in [0.05, 0.1) is 15.9 Å². The van der Waals surface area contributed by atoms with Gasteiger partial charge in [-0.25, -0.2) is 18.1 Å². The first-order valence-electron chi connectivity index (χ1n) is 11.9. The summed E-state index contributed by atoms with van der Waals surface area (Å²) in [6, 6.07) is 22.2. The Labute approximate surface area is 205 Å². The molecule has 0 fully saturated rings. The first-order valence-corrected chi connectivity index (χ1v) is 13.4. The molecule has 1 heterocycles. The van der Waals surface area contributed by atoms with Gasteiger partial charge in [0.15, 0.2) is 0 Å². The number of aryl methyl sites for hydroxylation is 3. The van der Waals surface area contributed by atoms with E-state index in [1.807, 2.05) is 34.9 Å². The summed E-state index contributed by atoms with van der Waals surface area (Å²) >= 11 is 0. The highest BCUT2D eigenvalue weighted by Crippen LogP contribution is 2.25. The van der Waals surface area contributed by atoms with E-state index in [1.54, 1.807) is 30.3 Å². The van der Waals surface area contributed by atoms with Crippen LogP contribution >= 0.6 is 0 Å². The third kappa shape index (κ3) is 5.28. The van der Waals surface area contributed by atoms with E-state index < -0.39 is 10.0 Å². The number of fused-ring (bicyclic) bond motifs is 2. The summed E-state index contributed by atoms with van der Waals surface area (Å²) in [6.45, 7) is 0.421. The summed E-state index contributed by atoms with van der Waals surface area (Å²) < 4.78 is 29.5. The largest absolute Gasteiger partial charge is 0.325 e. The van der Waals surface area contributed by atoms with E-state index in [0.717, 1.165) is 35.4 Å². The number of hydrogen-bond acceptors (Lipinski definition) is 4. The second-order valence-corrected chi connectivity index (χ2v) is 10.6. The number of anilines is 1. The maximum atomic E-state index is 12.9. The molecule has 7 nitrogen and oxygen atoms in total. The Hall–Kier alpha value is -3.49. The molecule has 0 bridgehead atoms. The molecule has 0 saturated heterocycles. The fourth-order valence-electron chi connectivity index (χ4n) is 4.62. The van der Waals surface area contributed by atoms with Crippen LogP contribution in [-0.2, 0) is 40.6 Å². The van der Waals surface area contributed by atoms with Gasteiger partial charge >= 0.3 is 0 Å². The molecule has 4 aromatic rings. The van der Waals surface area contributed by atoms with E-state index in [0.29, 0.717) is 12.8 Å². The van der Waals surface area contributed by atoms with E-state index >= 15 is 0 Å². The van der Waals surface area contributed by atoms with Gasteiger partial charge in [0.25, 0.3) is 0 Å². The van der Waals surface area contributed by atoms with Gasteiger partial charge in [-0.2, -0.15) is 0 Å². The van der Waals surface area contributed by atoms with Crippen LogP contribution in [0.1, 0.15) is 29.8 Å². The molecule has 180 valence electrons. The first-order chi connectivity index (χ1) is 17.0. The fraction of sp³-hybridized carbons (Fsp3) is 0.259. The van der Waals surface area contributed by atoms with Crippen molar-refractivity contribution in [1.29, 1.82) is 0 Å². The maximum Gasteiger partial charge on any atom is 0.244 e. The molecule has 0 unspecified atom stereocenters. The normalized spacial score (nSPS) is 13.1. The van der Waals surface area contributed by atoms with E-state index in [1.165, 1.54) is 17.5 Å². The van der Waals surface area contributed by atoms with Crippen molar-refractivity contribution in [2.75, 3.05) is 11.9 Å². The van der Waals surface area contributed by atoms with Crippen LogP contribution < -0.4 is 10.0 Å². The SMILES string of the molecule is O=C(Cn1c(CCCNS(=O)(=O)c2ccccc2)nc2ccccc21)Nc1ccc2c(c1)CCC2. The predicted octanol–water partition coefficient (Wildman–Crippen LogP) is 4.07. The Morgan fingerprint density at radius 3 is 2.57 bits per heavy atom. The summed E-state index contributed by atoms with van der Waals surface area (Å²) in [5.41, 5.74) is 5.20. The summed E-state index contributed by atoms with van der Waals surface area (Å²) in [5.74, 6) is 0.645. The molecular weight excluding hydrogens is 460 g/mol. The lowest BCUT2D eigenvalue weighted by Crippen LogP contribution is -2.25. The highest BCUT2D eigenvalue weighted by atomic mass is 32.2. The molecule has 8 heteroatoms. The molecule has 1 aromatic heterocycles. The van der Waals surface area contributed by atoms with Crippen molar-refractivity contribution >= 4 is 32.7 Å². The van der Waals surface area contributed by atoms with Gasteiger partial charge in [-0.05, 0) is 73.2 Å². The number of rotatable bonds is 9. The van der Waals surface area contributed by atoms with Crippen LogP contribution in [0.2, 0.25) is 0 Å².